The molecule has 0 fully saturated rings. The fourth-order valence-corrected chi connectivity index (χ4v) is 1.37. The Morgan fingerprint density at radius 1 is 1.47 bits per heavy atom. The van der Waals surface area contributed by atoms with Crippen LogP contribution >= 0.6 is 11.6 Å². The van der Waals surface area contributed by atoms with E-state index in [0.717, 1.165) is 0 Å². The molecule has 0 unspecified atom stereocenters. The maximum Gasteiger partial charge on any atom is 0.358 e. The Balaban J connectivity index is 2.00. The molecule has 2 aromatic rings. The molecule has 0 bridgehead atoms. The lowest BCUT2D eigenvalue weighted by molar-refractivity contribution is 0.0685. The summed E-state index contributed by atoms with van der Waals surface area (Å²) < 4.78 is 10.1. The normalized spacial score (nSPS) is 10.2. The van der Waals surface area contributed by atoms with Gasteiger partial charge < -0.3 is 14.4 Å². The second kappa shape index (κ2) is 4.88. The number of aromatic carboxylic acids is 1. The summed E-state index contributed by atoms with van der Waals surface area (Å²) in [6.45, 7) is 0.0978. The predicted octanol–water partition coefficient (Wildman–Crippen LogP) is 2.61. The molecule has 1 N–H and O–H groups in total. The molecule has 1 aromatic carbocycles. The van der Waals surface area contributed by atoms with Gasteiger partial charge in [0, 0.05) is 11.1 Å². The molecular weight excluding hydrogens is 246 g/mol. The fraction of sp³-hybridized carbons (Fsp3) is 0.0909. The van der Waals surface area contributed by atoms with E-state index in [-0.39, 0.29) is 12.3 Å². The first-order chi connectivity index (χ1) is 8.15. The molecule has 0 atom stereocenters. The molecule has 0 aliphatic carbocycles. The van der Waals surface area contributed by atoms with E-state index in [2.05, 4.69) is 5.16 Å². The van der Waals surface area contributed by atoms with E-state index in [1.54, 1.807) is 24.3 Å². The van der Waals surface area contributed by atoms with E-state index < -0.39 is 5.97 Å². The summed E-state index contributed by atoms with van der Waals surface area (Å²) in [5, 5.41) is 12.6. The Labute approximate surface area is 102 Å². The highest BCUT2D eigenvalue weighted by Gasteiger charge is 2.10. The zero-order valence-corrected chi connectivity index (χ0v) is 9.35. The second-order valence-corrected chi connectivity index (χ2v) is 3.67. The van der Waals surface area contributed by atoms with Crippen molar-refractivity contribution in [1.29, 1.82) is 0 Å². The van der Waals surface area contributed by atoms with E-state index in [1.165, 1.54) is 6.07 Å². The molecule has 0 aliphatic rings. The van der Waals surface area contributed by atoms with Gasteiger partial charge in [0.05, 0.1) is 0 Å². The number of carboxylic acids is 1. The van der Waals surface area contributed by atoms with Gasteiger partial charge in [-0.05, 0) is 18.2 Å². The molecule has 5 nitrogen and oxygen atoms in total. The Kier molecular flexibility index (Phi) is 3.30. The van der Waals surface area contributed by atoms with Crippen molar-refractivity contribution in [3.8, 4) is 5.75 Å². The van der Waals surface area contributed by atoms with Crippen molar-refractivity contribution in [2.75, 3.05) is 0 Å². The molecule has 88 valence electrons. The number of benzene rings is 1. The highest BCUT2D eigenvalue weighted by atomic mass is 35.5. The molecular formula is C11H8ClNO4. The zero-order valence-electron chi connectivity index (χ0n) is 8.59. The lowest BCUT2D eigenvalue weighted by Gasteiger charge is -2.02. The van der Waals surface area contributed by atoms with Crippen molar-refractivity contribution in [3.05, 3.63) is 46.8 Å². The third-order valence-electron chi connectivity index (χ3n) is 1.96. The van der Waals surface area contributed by atoms with Gasteiger partial charge in [-0.15, -0.1) is 0 Å². The van der Waals surface area contributed by atoms with Crippen LogP contribution in [0, 0.1) is 0 Å². The third kappa shape index (κ3) is 2.98. The molecule has 2 rings (SSSR count). The maximum atomic E-state index is 10.6. The van der Waals surface area contributed by atoms with Gasteiger partial charge in [0.2, 0.25) is 0 Å². The van der Waals surface area contributed by atoms with Gasteiger partial charge in [-0.2, -0.15) is 0 Å². The molecule has 17 heavy (non-hydrogen) atoms. The largest absolute Gasteiger partial charge is 0.485 e. The number of nitrogens with zero attached hydrogens (tertiary/aromatic N) is 1. The average Bonchev–Trinajstić information content (AvgIpc) is 2.75. The molecule has 0 amide bonds. The summed E-state index contributed by atoms with van der Waals surface area (Å²) in [7, 11) is 0. The highest BCUT2D eigenvalue weighted by Crippen LogP contribution is 2.18. The molecule has 1 aromatic heterocycles. The summed E-state index contributed by atoms with van der Waals surface area (Å²) in [5.41, 5.74) is -0.144. The number of rotatable bonds is 4. The minimum absolute atomic E-state index is 0.0978. The van der Waals surface area contributed by atoms with Gasteiger partial charge in [-0.3, -0.25) is 0 Å². The number of carboxylic acid groups (broad SMARTS) is 1. The van der Waals surface area contributed by atoms with E-state index in [4.69, 9.17) is 26.0 Å². The smallest absolute Gasteiger partial charge is 0.358 e. The minimum Gasteiger partial charge on any atom is -0.485 e. The second-order valence-electron chi connectivity index (χ2n) is 3.23. The first kappa shape index (κ1) is 11.5. The van der Waals surface area contributed by atoms with Gasteiger partial charge in [0.1, 0.15) is 12.4 Å². The Morgan fingerprint density at radius 3 is 2.94 bits per heavy atom. The number of carbonyl (C=O) groups is 1. The molecule has 0 radical (unpaired) electrons. The first-order valence-electron chi connectivity index (χ1n) is 4.72. The van der Waals surface area contributed by atoms with Crippen LogP contribution in [0.2, 0.25) is 5.02 Å². The first-order valence-corrected chi connectivity index (χ1v) is 5.10. The molecule has 0 saturated carbocycles. The summed E-state index contributed by atoms with van der Waals surface area (Å²) in [4.78, 5) is 10.6. The van der Waals surface area contributed by atoms with Crippen molar-refractivity contribution in [3.63, 3.8) is 0 Å². The summed E-state index contributed by atoms with van der Waals surface area (Å²) in [6.07, 6.45) is 0. The van der Waals surface area contributed by atoms with Crippen LogP contribution in [0.4, 0.5) is 0 Å². The topological polar surface area (TPSA) is 72.6 Å². The monoisotopic (exact) mass is 253 g/mol. The molecule has 1 heterocycles. The van der Waals surface area contributed by atoms with Crippen molar-refractivity contribution in [1.82, 2.24) is 5.16 Å². The zero-order chi connectivity index (χ0) is 12.3. The highest BCUT2D eigenvalue weighted by molar-refractivity contribution is 6.30. The Morgan fingerprint density at radius 2 is 2.29 bits per heavy atom. The number of hydrogen-bond donors (Lipinski definition) is 1. The van der Waals surface area contributed by atoms with E-state index >= 15 is 0 Å². The number of halogens is 1. The van der Waals surface area contributed by atoms with Crippen LogP contribution in [0.25, 0.3) is 0 Å². The van der Waals surface area contributed by atoms with Gasteiger partial charge in [0.15, 0.2) is 11.5 Å². The van der Waals surface area contributed by atoms with Crippen LogP contribution in [-0.4, -0.2) is 16.2 Å². The van der Waals surface area contributed by atoms with Crippen LogP contribution < -0.4 is 4.74 Å². The standard InChI is InChI=1S/C11H8ClNO4/c12-7-2-1-3-8(4-7)16-6-9-5-10(11(14)15)13-17-9/h1-5H,6H2,(H,14,15). The lowest BCUT2D eigenvalue weighted by atomic mass is 10.3. The molecule has 0 spiro atoms. The Bertz CT molecular complexity index is 538. The van der Waals surface area contributed by atoms with Gasteiger partial charge in [-0.25, -0.2) is 4.79 Å². The van der Waals surface area contributed by atoms with Crippen LogP contribution in [0.15, 0.2) is 34.9 Å². The molecule has 0 saturated heterocycles. The van der Waals surface area contributed by atoms with Gasteiger partial charge >= 0.3 is 5.97 Å². The minimum atomic E-state index is -1.14. The fourth-order valence-electron chi connectivity index (χ4n) is 1.19. The van der Waals surface area contributed by atoms with Gasteiger partial charge in [-0.1, -0.05) is 22.8 Å². The van der Waals surface area contributed by atoms with Crippen LogP contribution in [0.1, 0.15) is 16.2 Å². The SMILES string of the molecule is O=C(O)c1cc(COc2cccc(Cl)c2)on1. The van der Waals surface area contributed by atoms with Crippen LogP contribution in [0.3, 0.4) is 0 Å². The number of aromatic nitrogens is 1. The average molecular weight is 254 g/mol. The van der Waals surface area contributed by atoms with Gasteiger partial charge in [0.25, 0.3) is 0 Å². The molecule has 0 aliphatic heterocycles. The van der Waals surface area contributed by atoms with Crippen molar-refractivity contribution >= 4 is 17.6 Å². The summed E-state index contributed by atoms with van der Waals surface area (Å²) >= 11 is 5.78. The quantitative estimate of drug-likeness (QED) is 0.907. The van der Waals surface area contributed by atoms with Crippen molar-refractivity contribution < 1.29 is 19.2 Å². The van der Waals surface area contributed by atoms with Crippen molar-refractivity contribution in [2.45, 2.75) is 6.61 Å². The molecule has 6 heteroatoms. The lowest BCUT2D eigenvalue weighted by Crippen LogP contribution is -1.95. The third-order valence-corrected chi connectivity index (χ3v) is 2.19. The van der Waals surface area contributed by atoms with Crippen molar-refractivity contribution in [2.24, 2.45) is 0 Å². The predicted molar refractivity (Wildman–Crippen MR) is 59.2 cm³/mol. The summed E-state index contributed by atoms with van der Waals surface area (Å²) in [5.74, 6) is -0.226. The maximum absolute atomic E-state index is 10.6. The van der Waals surface area contributed by atoms with E-state index in [9.17, 15) is 4.79 Å². The van der Waals surface area contributed by atoms with Crippen LogP contribution in [-0.2, 0) is 6.61 Å². The summed E-state index contributed by atoms with van der Waals surface area (Å²) in [6, 6.07) is 8.18. The Hall–Kier alpha value is -2.01. The van der Waals surface area contributed by atoms with E-state index in [0.29, 0.717) is 16.5 Å². The number of hydrogen-bond acceptors (Lipinski definition) is 4. The number of ether oxygens (including phenoxy) is 1. The van der Waals surface area contributed by atoms with E-state index in [1.807, 2.05) is 0 Å². The van der Waals surface area contributed by atoms with Crippen LogP contribution in [0.5, 0.6) is 5.75 Å².